The molecule has 1 nitrogen and oxygen atoms in total. The molecule has 0 bridgehead atoms. The Morgan fingerprint density at radius 1 is 1.36 bits per heavy atom. The van der Waals surface area contributed by atoms with Gasteiger partial charge in [-0.15, -0.1) is 0 Å². The number of alkyl halides is 3. The second-order valence-corrected chi connectivity index (χ2v) is 3.80. The fourth-order valence-electron chi connectivity index (χ4n) is 0.807. The summed E-state index contributed by atoms with van der Waals surface area (Å²) < 4.78 is 27.0. The highest BCUT2D eigenvalue weighted by atomic mass is 127. The number of ether oxygens (including phenoxy) is 1. The first kappa shape index (κ1) is 9.12. The van der Waals surface area contributed by atoms with Crippen LogP contribution in [0.5, 0.6) is 0 Å². The van der Waals surface area contributed by atoms with Crippen LogP contribution in [0, 0.1) is 0 Å². The second kappa shape index (κ2) is 3.62. The summed E-state index contributed by atoms with van der Waals surface area (Å²) in [6.07, 6.45) is 7.64. The number of hydrogen-bond donors (Lipinski definition) is 0. The van der Waals surface area contributed by atoms with Gasteiger partial charge in [0.2, 0.25) is 0 Å². The molecule has 4 heteroatoms. The van der Waals surface area contributed by atoms with Crippen LogP contribution in [0.4, 0.5) is 8.78 Å². The average molecular weight is 272 g/mol. The lowest BCUT2D eigenvalue weighted by Gasteiger charge is -2.21. The SMILES string of the molecule is FC(F)OC1(I)C=CCC=C1. The molecule has 0 atom stereocenters. The molecule has 62 valence electrons. The van der Waals surface area contributed by atoms with E-state index >= 15 is 0 Å². The third-order valence-corrected chi connectivity index (χ3v) is 2.21. The van der Waals surface area contributed by atoms with E-state index in [-0.39, 0.29) is 0 Å². The summed E-state index contributed by atoms with van der Waals surface area (Å²) in [5, 5.41) is 0. The fraction of sp³-hybridized carbons (Fsp3) is 0.429. The van der Waals surface area contributed by atoms with Crippen LogP contribution < -0.4 is 0 Å². The molecule has 1 aliphatic rings. The quantitative estimate of drug-likeness (QED) is 0.426. The van der Waals surface area contributed by atoms with Crippen LogP contribution in [0.3, 0.4) is 0 Å². The molecule has 0 N–H and O–H groups in total. The van der Waals surface area contributed by atoms with Gasteiger partial charge < -0.3 is 0 Å². The summed E-state index contributed by atoms with van der Waals surface area (Å²) in [5.41, 5.74) is 0. The van der Waals surface area contributed by atoms with Crippen molar-refractivity contribution in [2.75, 3.05) is 0 Å². The smallest absolute Gasteiger partial charge is 0.298 e. The molecule has 0 fully saturated rings. The monoisotopic (exact) mass is 272 g/mol. The number of halogens is 3. The Bertz CT molecular complexity index is 177. The Kier molecular flexibility index (Phi) is 3.00. The van der Waals surface area contributed by atoms with E-state index < -0.39 is 10.2 Å². The molecule has 0 aliphatic heterocycles. The molecule has 0 saturated heterocycles. The van der Waals surface area contributed by atoms with E-state index in [2.05, 4.69) is 4.74 Å². The third kappa shape index (κ3) is 2.86. The highest BCUT2D eigenvalue weighted by Crippen LogP contribution is 2.29. The van der Waals surface area contributed by atoms with Crippen molar-refractivity contribution >= 4 is 22.6 Å². The van der Waals surface area contributed by atoms with Crippen LogP contribution in [0.15, 0.2) is 24.3 Å². The maximum absolute atomic E-state index is 11.8. The van der Waals surface area contributed by atoms with Crippen molar-refractivity contribution in [2.24, 2.45) is 0 Å². The number of rotatable bonds is 2. The van der Waals surface area contributed by atoms with Crippen LogP contribution in [0.2, 0.25) is 0 Å². The molecule has 0 aromatic rings. The average Bonchev–Trinajstić information content (AvgIpc) is 1.85. The van der Waals surface area contributed by atoms with E-state index in [4.69, 9.17) is 0 Å². The Morgan fingerprint density at radius 2 is 1.91 bits per heavy atom. The van der Waals surface area contributed by atoms with Crippen LogP contribution in [-0.2, 0) is 4.74 Å². The van der Waals surface area contributed by atoms with E-state index in [1.54, 1.807) is 24.3 Å². The summed E-state index contributed by atoms with van der Waals surface area (Å²) in [4.78, 5) is 0. The Balaban J connectivity index is 2.58. The van der Waals surface area contributed by atoms with Gasteiger partial charge in [0.1, 0.15) is 0 Å². The highest BCUT2D eigenvalue weighted by molar-refractivity contribution is 14.1. The predicted molar refractivity (Wildman–Crippen MR) is 46.7 cm³/mol. The molecular weight excluding hydrogens is 265 g/mol. The lowest BCUT2D eigenvalue weighted by Crippen LogP contribution is -2.23. The Hall–Kier alpha value is 0.0300. The van der Waals surface area contributed by atoms with E-state index in [9.17, 15) is 8.78 Å². The van der Waals surface area contributed by atoms with Gasteiger partial charge in [-0.25, -0.2) is 0 Å². The van der Waals surface area contributed by atoms with Crippen LogP contribution in [-0.4, -0.2) is 10.2 Å². The standard InChI is InChI=1S/C7H7F2IO/c8-6(9)11-7(10)4-2-1-3-5-7/h2-6H,1H2. The van der Waals surface area contributed by atoms with Crippen LogP contribution in [0.25, 0.3) is 0 Å². The molecule has 1 aliphatic carbocycles. The Labute approximate surface area is 77.3 Å². The summed E-state index contributed by atoms with van der Waals surface area (Å²) in [6, 6.07) is 0. The van der Waals surface area contributed by atoms with Gasteiger partial charge in [0, 0.05) is 0 Å². The van der Waals surface area contributed by atoms with Gasteiger partial charge in [-0.3, -0.25) is 4.74 Å². The first-order valence-electron chi connectivity index (χ1n) is 3.13. The molecule has 0 amide bonds. The van der Waals surface area contributed by atoms with Crippen molar-refractivity contribution in [3.8, 4) is 0 Å². The van der Waals surface area contributed by atoms with Crippen molar-refractivity contribution in [1.29, 1.82) is 0 Å². The molecular formula is C7H7F2IO. The van der Waals surface area contributed by atoms with Gasteiger partial charge in [-0.2, -0.15) is 8.78 Å². The van der Waals surface area contributed by atoms with Gasteiger partial charge >= 0.3 is 6.61 Å². The predicted octanol–water partition coefficient (Wildman–Crippen LogP) is 2.87. The van der Waals surface area contributed by atoms with Gasteiger partial charge in [0.15, 0.2) is 3.61 Å². The van der Waals surface area contributed by atoms with E-state index in [1.165, 1.54) is 0 Å². The minimum atomic E-state index is -2.72. The molecule has 1 rings (SSSR count). The molecule has 0 spiro atoms. The molecule has 11 heavy (non-hydrogen) atoms. The summed E-state index contributed by atoms with van der Waals surface area (Å²) in [6.45, 7) is -2.72. The largest absolute Gasteiger partial charge is 0.347 e. The maximum Gasteiger partial charge on any atom is 0.347 e. The first-order chi connectivity index (χ1) is 5.12. The van der Waals surface area contributed by atoms with Crippen molar-refractivity contribution in [2.45, 2.75) is 16.6 Å². The molecule has 0 heterocycles. The van der Waals surface area contributed by atoms with Crippen molar-refractivity contribution in [3.63, 3.8) is 0 Å². The molecule has 0 unspecified atom stereocenters. The normalized spacial score (nSPS) is 21.1. The first-order valence-corrected chi connectivity index (χ1v) is 4.20. The second-order valence-electron chi connectivity index (χ2n) is 2.12. The zero-order chi connectivity index (χ0) is 8.32. The van der Waals surface area contributed by atoms with Gasteiger partial charge in [0.05, 0.1) is 0 Å². The number of hydrogen-bond acceptors (Lipinski definition) is 1. The van der Waals surface area contributed by atoms with Crippen molar-refractivity contribution < 1.29 is 13.5 Å². The third-order valence-electron chi connectivity index (χ3n) is 1.23. The van der Waals surface area contributed by atoms with Gasteiger partial charge in [-0.1, -0.05) is 12.2 Å². The van der Waals surface area contributed by atoms with Gasteiger partial charge in [0.25, 0.3) is 0 Å². The van der Waals surface area contributed by atoms with Crippen molar-refractivity contribution in [1.82, 2.24) is 0 Å². The molecule has 0 aromatic carbocycles. The minimum Gasteiger partial charge on any atom is -0.298 e. The minimum absolute atomic E-state index is 0.789. The molecule has 0 saturated carbocycles. The summed E-state index contributed by atoms with van der Waals surface area (Å²) in [5.74, 6) is 0. The zero-order valence-corrected chi connectivity index (χ0v) is 7.79. The fourth-order valence-corrected chi connectivity index (χ4v) is 1.51. The molecule has 0 aromatic heterocycles. The van der Waals surface area contributed by atoms with E-state index in [0.717, 1.165) is 6.42 Å². The summed E-state index contributed by atoms with van der Waals surface area (Å²) >= 11 is 1.83. The lowest BCUT2D eigenvalue weighted by molar-refractivity contribution is -0.143. The van der Waals surface area contributed by atoms with Crippen LogP contribution >= 0.6 is 22.6 Å². The van der Waals surface area contributed by atoms with Gasteiger partial charge in [-0.05, 0) is 41.2 Å². The van der Waals surface area contributed by atoms with Crippen LogP contribution in [0.1, 0.15) is 6.42 Å². The topological polar surface area (TPSA) is 9.23 Å². The number of allylic oxidation sites excluding steroid dienone is 2. The lowest BCUT2D eigenvalue weighted by atomic mass is 10.2. The zero-order valence-electron chi connectivity index (χ0n) is 5.64. The Morgan fingerprint density at radius 3 is 2.36 bits per heavy atom. The van der Waals surface area contributed by atoms with E-state index in [0.29, 0.717) is 0 Å². The maximum atomic E-state index is 11.8. The van der Waals surface area contributed by atoms with E-state index in [1.807, 2.05) is 22.6 Å². The highest BCUT2D eigenvalue weighted by Gasteiger charge is 2.25. The van der Waals surface area contributed by atoms with Crippen molar-refractivity contribution in [3.05, 3.63) is 24.3 Å². The molecule has 0 radical (unpaired) electrons. The summed E-state index contributed by atoms with van der Waals surface area (Å²) in [7, 11) is 0.